The summed E-state index contributed by atoms with van der Waals surface area (Å²) in [5.41, 5.74) is 1.60. The summed E-state index contributed by atoms with van der Waals surface area (Å²) >= 11 is 18.9. The predicted octanol–water partition coefficient (Wildman–Crippen LogP) is 4.41. The Morgan fingerprint density at radius 1 is 1.03 bits per heavy atom. The van der Waals surface area contributed by atoms with Gasteiger partial charge in [0.2, 0.25) is 11.8 Å². The largest absolute Gasteiger partial charge is 0.452 e. The summed E-state index contributed by atoms with van der Waals surface area (Å²) in [6, 6.07) is 11.1. The molecule has 3 fully saturated rings. The van der Waals surface area contributed by atoms with Gasteiger partial charge in [-0.15, -0.1) is 23.2 Å². The summed E-state index contributed by atoms with van der Waals surface area (Å²) < 4.78 is 5.14. The molecule has 7 nitrogen and oxygen atoms in total. The molecule has 0 radical (unpaired) electrons. The molecule has 0 aromatic heterocycles. The maximum absolute atomic E-state index is 13.2. The standard InChI is InChI=1S/C25H21Cl3N2O5/c1-11-16(26)6-3-7-17(11)29-18(31)10-35-25(34)12-4-2-5-13(8-12)30-23(32)19-14-9-15(20(19)24(30)33)22(28)21(14)27/h2-8,14-15,19-22H,9-10H2,1H3,(H,29,31)/t14-,15-,19-,20+,21+,22+/m1/s1. The van der Waals surface area contributed by atoms with Crippen LogP contribution in [0.25, 0.3) is 0 Å². The number of fused-ring (bicyclic) bond motifs is 5. The first-order valence-corrected chi connectivity index (χ1v) is 12.4. The van der Waals surface area contributed by atoms with Gasteiger partial charge in [-0.2, -0.15) is 0 Å². The summed E-state index contributed by atoms with van der Waals surface area (Å²) in [6.45, 7) is 1.24. The monoisotopic (exact) mass is 534 g/mol. The molecule has 1 aliphatic heterocycles. The topological polar surface area (TPSA) is 92.8 Å². The van der Waals surface area contributed by atoms with E-state index in [0.717, 1.165) is 4.90 Å². The number of alkyl halides is 2. The molecule has 0 spiro atoms. The summed E-state index contributed by atoms with van der Waals surface area (Å²) in [5, 5.41) is 2.46. The van der Waals surface area contributed by atoms with Crippen LogP contribution in [0.4, 0.5) is 11.4 Å². The van der Waals surface area contributed by atoms with Crippen molar-refractivity contribution in [3.63, 3.8) is 0 Å². The second kappa shape index (κ2) is 9.12. The zero-order chi connectivity index (χ0) is 25.0. The number of anilines is 2. The number of hydrogen-bond donors (Lipinski definition) is 1. The van der Waals surface area contributed by atoms with Gasteiger partial charge >= 0.3 is 5.97 Å². The Bertz CT molecular complexity index is 1220. The first-order chi connectivity index (χ1) is 16.7. The first-order valence-electron chi connectivity index (χ1n) is 11.2. The minimum atomic E-state index is -0.759. The van der Waals surface area contributed by atoms with Crippen molar-refractivity contribution in [2.24, 2.45) is 23.7 Å². The maximum Gasteiger partial charge on any atom is 0.338 e. The number of imide groups is 1. The first kappa shape index (κ1) is 24.1. The molecular formula is C25H21Cl3N2O5. The summed E-state index contributed by atoms with van der Waals surface area (Å²) in [4.78, 5) is 52.4. The van der Waals surface area contributed by atoms with Gasteiger partial charge in [0.1, 0.15) is 0 Å². The van der Waals surface area contributed by atoms with Gasteiger partial charge in [-0.05, 0) is 61.1 Å². The molecule has 2 aliphatic carbocycles. The smallest absolute Gasteiger partial charge is 0.338 e. The molecule has 35 heavy (non-hydrogen) atoms. The number of esters is 1. The lowest BCUT2D eigenvalue weighted by atomic mass is 9.80. The van der Waals surface area contributed by atoms with E-state index in [-0.39, 0.29) is 45.7 Å². The Hall–Kier alpha value is -2.61. The molecule has 1 N–H and O–H groups in total. The van der Waals surface area contributed by atoms with Crippen LogP contribution >= 0.6 is 34.8 Å². The van der Waals surface area contributed by atoms with Gasteiger partial charge in [0.15, 0.2) is 6.61 Å². The molecule has 2 aromatic rings. The number of carbonyl (C=O) groups is 4. The van der Waals surface area contributed by atoms with Gasteiger partial charge in [-0.1, -0.05) is 23.7 Å². The number of hydrogen-bond acceptors (Lipinski definition) is 5. The van der Waals surface area contributed by atoms with Gasteiger partial charge in [-0.3, -0.25) is 19.3 Å². The van der Waals surface area contributed by atoms with E-state index in [0.29, 0.717) is 22.7 Å². The lowest BCUT2D eigenvalue weighted by Gasteiger charge is -2.28. The van der Waals surface area contributed by atoms with Crippen molar-refractivity contribution in [2.75, 3.05) is 16.8 Å². The van der Waals surface area contributed by atoms with Crippen molar-refractivity contribution >= 4 is 69.9 Å². The second-order valence-electron chi connectivity index (χ2n) is 9.10. The van der Waals surface area contributed by atoms with Crippen molar-refractivity contribution in [3.05, 3.63) is 58.6 Å². The predicted molar refractivity (Wildman–Crippen MR) is 132 cm³/mol. The van der Waals surface area contributed by atoms with E-state index in [1.165, 1.54) is 12.1 Å². The van der Waals surface area contributed by atoms with Crippen molar-refractivity contribution in [2.45, 2.75) is 24.1 Å². The van der Waals surface area contributed by atoms with Crippen LogP contribution in [0.5, 0.6) is 0 Å². The third-order valence-corrected chi connectivity index (χ3v) is 8.93. The van der Waals surface area contributed by atoms with Gasteiger partial charge in [-0.25, -0.2) is 4.79 Å². The van der Waals surface area contributed by atoms with E-state index in [2.05, 4.69) is 5.32 Å². The minimum Gasteiger partial charge on any atom is -0.452 e. The number of halogens is 3. The van der Waals surface area contributed by atoms with Gasteiger partial charge in [0, 0.05) is 10.7 Å². The van der Waals surface area contributed by atoms with Crippen LogP contribution < -0.4 is 10.2 Å². The van der Waals surface area contributed by atoms with Crippen molar-refractivity contribution < 1.29 is 23.9 Å². The fourth-order valence-electron chi connectivity index (χ4n) is 5.52. The number of amides is 3. The van der Waals surface area contributed by atoms with Crippen LogP contribution in [0.3, 0.4) is 0 Å². The van der Waals surface area contributed by atoms with Crippen LogP contribution in [0.2, 0.25) is 5.02 Å². The third-order valence-electron chi connectivity index (χ3n) is 7.20. The second-order valence-corrected chi connectivity index (χ2v) is 10.5. The van der Waals surface area contributed by atoms with Gasteiger partial charge in [0.05, 0.1) is 33.8 Å². The zero-order valence-corrected chi connectivity index (χ0v) is 20.8. The Balaban J connectivity index is 1.27. The summed E-state index contributed by atoms with van der Waals surface area (Å²) in [5.74, 6) is -3.16. The number of carbonyl (C=O) groups excluding carboxylic acids is 4. The SMILES string of the molecule is Cc1c(Cl)cccc1NC(=O)COC(=O)c1cccc(N2C(=O)[C@@H]3[C@H]4C[C@@H]([C@H](Cl)[C@H]4Cl)[C@@H]3C2=O)c1. The highest BCUT2D eigenvalue weighted by atomic mass is 35.5. The van der Waals surface area contributed by atoms with Crippen LogP contribution in [0.15, 0.2) is 42.5 Å². The number of benzene rings is 2. The molecule has 3 amide bonds. The summed E-state index contributed by atoms with van der Waals surface area (Å²) in [6.07, 6.45) is 0.673. The van der Waals surface area contributed by atoms with Crippen molar-refractivity contribution in [1.82, 2.24) is 0 Å². The van der Waals surface area contributed by atoms with E-state index < -0.39 is 30.3 Å². The Labute approximate surface area is 216 Å². The van der Waals surface area contributed by atoms with Crippen LogP contribution in [-0.4, -0.2) is 41.1 Å². The Morgan fingerprint density at radius 2 is 1.66 bits per heavy atom. The Morgan fingerprint density at radius 3 is 2.31 bits per heavy atom. The van der Waals surface area contributed by atoms with Gasteiger partial charge < -0.3 is 10.1 Å². The molecule has 1 saturated heterocycles. The van der Waals surface area contributed by atoms with Crippen molar-refractivity contribution in [1.29, 1.82) is 0 Å². The van der Waals surface area contributed by atoms with E-state index in [9.17, 15) is 19.2 Å². The normalized spacial score (nSPS) is 28.9. The minimum absolute atomic E-state index is 0.111. The highest BCUT2D eigenvalue weighted by Gasteiger charge is 2.66. The molecular weight excluding hydrogens is 515 g/mol. The molecule has 0 unspecified atom stereocenters. The molecule has 182 valence electrons. The number of rotatable bonds is 5. The quantitative estimate of drug-likeness (QED) is 0.348. The van der Waals surface area contributed by atoms with E-state index >= 15 is 0 Å². The lowest BCUT2D eigenvalue weighted by molar-refractivity contribution is -0.123. The molecule has 2 saturated carbocycles. The number of ether oxygens (including phenoxy) is 1. The van der Waals surface area contributed by atoms with Crippen LogP contribution in [0.1, 0.15) is 22.3 Å². The zero-order valence-electron chi connectivity index (χ0n) is 18.5. The van der Waals surface area contributed by atoms with E-state index in [4.69, 9.17) is 39.5 Å². The van der Waals surface area contributed by atoms with Crippen LogP contribution in [-0.2, 0) is 19.1 Å². The fraction of sp³-hybridized carbons (Fsp3) is 0.360. The number of nitrogens with zero attached hydrogens (tertiary/aromatic N) is 1. The van der Waals surface area contributed by atoms with Crippen molar-refractivity contribution in [3.8, 4) is 0 Å². The highest BCUT2D eigenvalue weighted by molar-refractivity contribution is 6.32. The molecule has 6 atom stereocenters. The van der Waals surface area contributed by atoms with Gasteiger partial charge in [0.25, 0.3) is 5.91 Å². The lowest BCUT2D eigenvalue weighted by Crippen LogP contribution is -2.37. The third kappa shape index (κ3) is 3.99. The highest BCUT2D eigenvalue weighted by Crippen LogP contribution is 2.59. The molecule has 2 bridgehead atoms. The number of nitrogens with one attached hydrogen (secondary N) is 1. The molecule has 3 aliphatic rings. The molecule has 1 heterocycles. The molecule has 5 rings (SSSR count). The summed E-state index contributed by atoms with van der Waals surface area (Å²) in [7, 11) is 0. The average Bonchev–Trinajstić information content (AvgIpc) is 3.45. The molecule has 2 aromatic carbocycles. The fourth-order valence-corrected chi connectivity index (χ4v) is 6.59. The Kier molecular flexibility index (Phi) is 6.28. The maximum atomic E-state index is 13.2. The van der Waals surface area contributed by atoms with E-state index in [1.54, 1.807) is 37.3 Å². The van der Waals surface area contributed by atoms with Crippen LogP contribution in [0, 0.1) is 30.6 Å². The van der Waals surface area contributed by atoms with E-state index in [1.807, 2.05) is 0 Å². The average molecular weight is 536 g/mol. The molecule has 10 heteroatoms.